The van der Waals surface area contributed by atoms with Crippen LogP contribution >= 0.6 is 0 Å². The van der Waals surface area contributed by atoms with E-state index in [1.807, 2.05) is 19.1 Å². The van der Waals surface area contributed by atoms with Crippen molar-refractivity contribution in [3.63, 3.8) is 0 Å². The van der Waals surface area contributed by atoms with Crippen molar-refractivity contribution in [3.05, 3.63) is 34.9 Å². The largest absolute Gasteiger partial charge is 0.296 e. The smallest absolute Gasteiger partial charge is 0.177 e. The quantitative estimate of drug-likeness (QED) is 0.756. The van der Waals surface area contributed by atoms with Crippen LogP contribution < -0.4 is 0 Å². The number of carbonyl (C=O) groups is 1. The summed E-state index contributed by atoms with van der Waals surface area (Å²) in [6.45, 7) is 9.12. The molecule has 0 bridgehead atoms. The molecule has 0 aromatic heterocycles. The second kappa shape index (κ2) is 7.03. The molecule has 0 aliphatic carbocycles. The number of carbonyl (C=O) groups excluding carboxylic acids is 1. The van der Waals surface area contributed by atoms with Crippen molar-refractivity contribution in [2.24, 2.45) is 5.92 Å². The van der Waals surface area contributed by atoms with Gasteiger partial charge in [0.1, 0.15) is 0 Å². The zero-order valence-electron chi connectivity index (χ0n) is 13.1. The summed E-state index contributed by atoms with van der Waals surface area (Å²) < 4.78 is 0. The van der Waals surface area contributed by atoms with Gasteiger partial charge in [-0.3, -0.25) is 9.69 Å². The number of Topliss-reactive ketones (excluding diaryl/α,β-unsaturated/α-hetero) is 1. The molecule has 1 fully saturated rings. The molecule has 0 atom stereocenters. The zero-order chi connectivity index (χ0) is 14.5. The van der Waals surface area contributed by atoms with Gasteiger partial charge in [0.25, 0.3) is 0 Å². The standard InChI is InChI=1S/C18H27NO/c1-4-5-16-8-10-19(11-9-16)13-18(20)17-7-6-14(2)12-15(17)3/h6-7,12,16H,4-5,8-11,13H2,1-3H3. The molecule has 110 valence electrons. The van der Waals surface area contributed by atoms with E-state index in [0.717, 1.165) is 30.1 Å². The third kappa shape index (κ3) is 3.92. The SMILES string of the molecule is CCCC1CCN(CC(=O)c2ccc(C)cc2C)CC1. The molecule has 0 radical (unpaired) electrons. The minimum atomic E-state index is 0.274. The monoisotopic (exact) mass is 273 g/mol. The molecule has 20 heavy (non-hydrogen) atoms. The summed E-state index contributed by atoms with van der Waals surface area (Å²) in [5.41, 5.74) is 3.22. The molecule has 1 aliphatic heterocycles. The van der Waals surface area contributed by atoms with Gasteiger partial charge in [0.15, 0.2) is 5.78 Å². The fraction of sp³-hybridized carbons (Fsp3) is 0.611. The number of aryl methyl sites for hydroxylation is 2. The van der Waals surface area contributed by atoms with Crippen molar-refractivity contribution in [1.29, 1.82) is 0 Å². The second-order valence-corrected chi connectivity index (χ2v) is 6.25. The van der Waals surface area contributed by atoms with E-state index in [-0.39, 0.29) is 5.78 Å². The summed E-state index contributed by atoms with van der Waals surface area (Å²) in [7, 11) is 0. The minimum Gasteiger partial charge on any atom is -0.296 e. The summed E-state index contributed by atoms with van der Waals surface area (Å²) in [4.78, 5) is 14.7. The van der Waals surface area contributed by atoms with Gasteiger partial charge in [-0.1, -0.05) is 43.5 Å². The average molecular weight is 273 g/mol. The highest BCUT2D eigenvalue weighted by Gasteiger charge is 2.21. The van der Waals surface area contributed by atoms with Crippen LogP contribution in [0.4, 0.5) is 0 Å². The first kappa shape index (κ1) is 15.2. The number of nitrogens with zero attached hydrogens (tertiary/aromatic N) is 1. The Hall–Kier alpha value is -1.15. The van der Waals surface area contributed by atoms with Gasteiger partial charge in [0.05, 0.1) is 6.54 Å². The highest BCUT2D eigenvalue weighted by Crippen LogP contribution is 2.22. The Morgan fingerprint density at radius 2 is 1.95 bits per heavy atom. The fourth-order valence-corrected chi connectivity index (χ4v) is 3.26. The third-order valence-corrected chi connectivity index (χ3v) is 4.45. The average Bonchev–Trinajstić information content (AvgIpc) is 2.41. The van der Waals surface area contributed by atoms with Crippen LogP contribution in [0.1, 0.15) is 54.1 Å². The first-order valence-electron chi connectivity index (χ1n) is 7.93. The Labute approximate surface area is 123 Å². The zero-order valence-corrected chi connectivity index (χ0v) is 13.1. The number of hydrogen-bond acceptors (Lipinski definition) is 2. The Kier molecular flexibility index (Phi) is 5.36. The van der Waals surface area contributed by atoms with Crippen LogP contribution in [0.5, 0.6) is 0 Å². The van der Waals surface area contributed by atoms with Crippen molar-refractivity contribution < 1.29 is 4.79 Å². The molecule has 0 N–H and O–H groups in total. The number of benzene rings is 1. The lowest BCUT2D eigenvalue weighted by Gasteiger charge is -2.31. The van der Waals surface area contributed by atoms with Crippen molar-refractivity contribution in [2.45, 2.75) is 46.5 Å². The van der Waals surface area contributed by atoms with Crippen molar-refractivity contribution in [2.75, 3.05) is 19.6 Å². The van der Waals surface area contributed by atoms with Crippen molar-refractivity contribution in [1.82, 2.24) is 4.90 Å². The molecule has 1 aliphatic rings. The highest BCUT2D eigenvalue weighted by molar-refractivity contribution is 5.98. The van der Waals surface area contributed by atoms with Gasteiger partial charge >= 0.3 is 0 Å². The maximum atomic E-state index is 12.4. The predicted molar refractivity (Wildman–Crippen MR) is 84.3 cm³/mol. The first-order valence-corrected chi connectivity index (χ1v) is 7.93. The van der Waals surface area contributed by atoms with Crippen LogP contribution in [0.25, 0.3) is 0 Å². The van der Waals surface area contributed by atoms with Gasteiger partial charge in [0.2, 0.25) is 0 Å². The van der Waals surface area contributed by atoms with Crippen molar-refractivity contribution >= 4 is 5.78 Å². The third-order valence-electron chi connectivity index (χ3n) is 4.45. The van der Waals surface area contributed by atoms with E-state index in [4.69, 9.17) is 0 Å². The maximum absolute atomic E-state index is 12.4. The highest BCUT2D eigenvalue weighted by atomic mass is 16.1. The van der Waals surface area contributed by atoms with E-state index < -0.39 is 0 Å². The normalized spacial score (nSPS) is 17.4. The molecule has 0 spiro atoms. The summed E-state index contributed by atoms with van der Waals surface area (Å²) in [5, 5.41) is 0. The van der Waals surface area contributed by atoms with E-state index in [0.29, 0.717) is 6.54 Å². The van der Waals surface area contributed by atoms with Gasteiger partial charge in [-0.25, -0.2) is 0 Å². The molecule has 0 amide bonds. The van der Waals surface area contributed by atoms with Gasteiger partial charge in [-0.2, -0.15) is 0 Å². The van der Waals surface area contributed by atoms with Gasteiger partial charge in [-0.05, 0) is 51.3 Å². The Morgan fingerprint density at radius 1 is 1.25 bits per heavy atom. The number of piperidine rings is 1. The Morgan fingerprint density at radius 3 is 2.55 bits per heavy atom. The molecule has 1 aromatic rings. The van der Waals surface area contributed by atoms with Crippen LogP contribution in [0.3, 0.4) is 0 Å². The molecule has 0 saturated carbocycles. The van der Waals surface area contributed by atoms with Crippen LogP contribution in [0.15, 0.2) is 18.2 Å². The molecule has 1 heterocycles. The fourth-order valence-electron chi connectivity index (χ4n) is 3.26. The summed E-state index contributed by atoms with van der Waals surface area (Å²) in [6.07, 6.45) is 5.15. The lowest BCUT2D eigenvalue weighted by molar-refractivity contribution is 0.0892. The van der Waals surface area contributed by atoms with Crippen LogP contribution in [-0.2, 0) is 0 Å². The number of likely N-dealkylation sites (tertiary alicyclic amines) is 1. The predicted octanol–water partition coefficient (Wildman–Crippen LogP) is 4.00. The second-order valence-electron chi connectivity index (χ2n) is 6.25. The van der Waals surface area contributed by atoms with Crippen molar-refractivity contribution in [3.8, 4) is 0 Å². The van der Waals surface area contributed by atoms with Gasteiger partial charge < -0.3 is 0 Å². The molecule has 2 nitrogen and oxygen atoms in total. The van der Waals surface area contributed by atoms with Gasteiger partial charge in [-0.15, -0.1) is 0 Å². The summed E-state index contributed by atoms with van der Waals surface area (Å²) in [5.74, 6) is 1.16. The lowest BCUT2D eigenvalue weighted by atomic mass is 9.92. The number of hydrogen-bond donors (Lipinski definition) is 0. The minimum absolute atomic E-state index is 0.274. The molecule has 0 unspecified atom stereocenters. The Balaban J connectivity index is 1.89. The molecular weight excluding hydrogens is 246 g/mol. The summed E-state index contributed by atoms with van der Waals surface area (Å²) >= 11 is 0. The maximum Gasteiger partial charge on any atom is 0.177 e. The number of ketones is 1. The number of rotatable bonds is 5. The molecule has 1 saturated heterocycles. The van der Waals surface area contributed by atoms with E-state index in [1.165, 1.54) is 31.2 Å². The molecule has 1 aromatic carbocycles. The Bertz CT molecular complexity index is 458. The molecule has 2 heteroatoms. The van der Waals surface area contributed by atoms with E-state index in [2.05, 4.69) is 24.8 Å². The van der Waals surface area contributed by atoms with E-state index in [9.17, 15) is 4.79 Å². The van der Waals surface area contributed by atoms with Crippen LogP contribution in [0.2, 0.25) is 0 Å². The van der Waals surface area contributed by atoms with Gasteiger partial charge in [0, 0.05) is 5.56 Å². The topological polar surface area (TPSA) is 20.3 Å². The van der Waals surface area contributed by atoms with Crippen LogP contribution in [-0.4, -0.2) is 30.3 Å². The van der Waals surface area contributed by atoms with E-state index >= 15 is 0 Å². The first-order chi connectivity index (χ1) is 9.60. The van der Waals surface area contributed by atoms with E-state index in [1.54, 1.807) is 0 Å². The van der Waals surface area contributed by atoms with Crippen LogP contribution in [0, 0.1) is 19.8 Å². The molecular formula is C18H27NO. The molecule has 2 rings (SSSR count). The summed E-state index contributed by atoms with van der Waals surface area (Å²) in [6, 6.07) is 6.12. The lowest BCUT2D eigenvalue weighted by Crippen LogP contribution is -2.37.